The number of nitriles is 1. The fraction of sp³-hybridized carbons (Fsp3) is 0.200. The van der Waals surface area contributed by atoms with Crippen molar-refractivity contribution in [1.29, 1.82) is 5.26 Å². The highest BCUT2D eigenvalue weighted by Crippen LogP contribution is 2.23. The number of phenols is 1. The van der Waals surface area contributed by atoms with Gasteiger partial charge in [-0.25, -0.2) is 4.79 Å². The second kappa shape index (κ2) is 4.98. The van der Waals surface area contributed by atoms with Crippen LogP contribution < -0.4 is 0 Å². The molecule has 0 saturated heterocycles. The number of phenolic OH excluding ortho intramolecular Hbond substituents is 1. The smallest absolute Gasteiger partial charge is 0.339 e. The maximum atomic E-state index is 11.4. The minimum Gasteiger partial charge on any atom is -0.507 e. The van der Waals surface area contributed by atoms with Gasteiger partial charge in [0.15, 0.2) is 0 Å². The Balaban J connectivity index is 3.17. The molecule has 0 aliphatic rings. The van der Waals surface area contributed by atoms with Crippen LogP contribution in [-0.2, 0) is 4.74 Å². The van der Waals surface area contributed by atoms with Crippen molar-refractivity contribution in [1.82, 2.24) is 0 Å². The SMILES string of the molecule is CCOC(=O)c1cc(O)c(C#N)cc1I. The van der Waals surface area contributed by atoms with Gasteiger partial charge in [-0.3, -0.25) is 0 Å². The molecule has 0 bridgehead atoms. The third-order valence-corrected chi connectivity index (χ3v) is 2.59. The molecule has 0 aliphatic heterocycles. The summed E-state index contributed by atoms with van der Waals surface area (Å²) in [4.78, 5) is 11.4. The van der Waals surface area contributed by atoms with Crippen LogP contribution in [0, 0.1) is 14.9 Å². The maximum absolute atomic E-state index is 11.4. The monoisotopic (exact) mass is 317 g/mol. The molecule has 0 aliphatic carbocycles. The lowest BCUT2D eigenvalue weighted by atomic mass is 10.1. The number of hydrogen-bond acceptors (Lipinski definition) is 4. The number of halogens is 1. The molecule has 0 aromatic heterocycles. The normalized spacial score (nSPS) is 9.40. The highest BCUT2D eigenvalue weighted by Gasteiger charge is 2.14. The third-order valence-electron chi connectivity index (χ3n) is 1.70. The summed E-state index contributed by atoms with van der Waals surface area (Å²) in [7, 11) is 0. The average molecular weight is 317 g/mol. The molecule has 0 fully saturated rings. The van der Waals surface area contributed by atoms with E-state index in [0.29, 0.717) is 3.57 Å². The number of rotatable bonds is 2. The van der Waals surface area contributed by atoms with Crippen molar-refractivity contribution in [2.45, 2.75) is 6.92 Å². The van der Waals surface area contributed by atoms with Crippen molar-refractivity contribution >= 4 is 28.6 Å². The second-order valence-electron chi connectivity index (χ2n) is 2.68. The van der Waals surface area contributed by atoms with E-state index in [4.69, 9.17) is 10.00 Å². The molecule has 1 rings (SSSR count). The van der Waals surface area contributed by atoms with Crippen LogP contribution in [-0.4, -0.2) is 17.7 Å². The Bertz CT molecular complexity index is 437. The highest BCUT2D eigenvalue weighted by molar-refractivity contribution is 14.1. The minimum absolute atomic E-state index is 0.146. The number of aromatic hydroxyl groups is 1. The van der Waals surface area contributed by atoms with Crippen LogP contribution in [0.2, 0.25) is 0 Å². The lowest BCUT2D eigenvalue weighted by Crippen LogP contribution is -2.06. The number of hydrogen-bond donors (Lipinski definition) is 1. The first kappa shape index (κ1) is 11.8. The van der Waals surface area contributed by atoms with Crippen molar-refractivity contribution < 1.29 is 14.6 Å². The number of benzene rings is 1. The van der Waals surface area contributed by atoms with E-state index in [-0.39, 0.29) is 23.5 Å². The van der Waals surface area contributed by atoms with Crippen molar-refractivity contribution in [2.75, 3.05) is 6.61 Å². The van der Waals surface area contributed by atoms with E-state index in [9.17, 15) is 9.90 Å². The largest absolute Gasteiger partial charge is 0.507 e. The van der Waals surface area contributed by atoms with Gasteiger partial charge in [0.2, 0.25) is 0 Å². The summed E-state index contributed by atoms with van der Waals surface area (Å²) in [6, 6.07) is 4.52. The molecule has 1 aromatic rings. The standard InChI is InChI=1S/C10H8INO3/c1-2-15-10(14)7-4-9(13)6(5-12)3-8(7)11/h3-4,13H,2H2,1H3. The molecule has 0 saturated carbocycles. The topological polar surface area (TPSA) is 70.3 Å². The Morgan fingerprint density at radius 3 is 2.87 bits per heavy atom. The Hall–Kier alpha value is -1.29. The molecule has 1 aromatic carbocycles. The van der Waals surface area contributed by atoms with E-state index in [2.05, 4.69) is 0 Å². The molecule has 4 nitrogen and oxygen atoms in total. The summed E-state index contributed by atoms with van der Waals surface area (Å²) < 4.78 is 5.38. The van der Waals surface area contributed by atoms with Crippen molar-refractivity contribution in [3.8, 4) is 11.8 Å². The zero-order chi connectivity index (χ0) is 11.4. The summed E-state index contributed by atoms with van der Waals surface area (Å²) in [6.45, 7) is 1.98. The van der Waals surface area contributed by atoms with E-state index < -0.39 is 5.97 Å². The van der Waals surface area contributed by atoms with Crippen LogP contribution in [0.1, 0.15) is 22.8 Å². The second-order valence-corrected chi connectivity index (χ2v) is 3.84. The first-order valence-electron chi connectivity index (χ1n) is 4.19. The van der Waals surface area contributed by atoms with Crippen LogP contribution in [0.5, 0.6) is 5.75 Å². The van der Waals surface area contributed by atoms with Crippen LogP contribution >= 0.6 is 22.6 Å². The van der Waals surface area contributed by atoms with Gasteiger partial charge in [-0.2, -0.15) is 5.26 Å². The van der Waals surface area contributed by atoms with Gasteiger partial charge in [0.25, 0.3) is 0 Å². The van der Waals surface area contributed by atoms with E-state index >= 15 is 0 Å². The van der Waals surface area contributed by atoms with Gasteiger partial charge < -0.3 is 9.84 Å². The highest BCUT2D eigenvalue weighted by atomic mass is 127. The van der Waals surface area contributed by atoms with Crippen molar-refractivity contribution in [3.05, 3.63) is 26.8 Å². The summed E-state index contributed by atoms with van der Waals surface area (Å²) in [6.07, 6.45) is 0. The Morgan fingerprint density at radius 1 is 1.67 bits per heavy atom. The molecule has 0 atom stereocenters. The fourth-order valence-corrected chi connectivity index (χ4v) is 1.70. The molecular weight excluding hydrogens is 309 g/mol. The van der Waals surface area contributed by atoms with Crippen LogP contribution in [0.3, 0.4) is 0 Å². The first-order valence-corrected chi connectivity index (χ1v) is 5.27. The summed E-state index contributed by atoms with van der Waals surface area (Å²) in [5.41, 5.74) is 0.418. The molecule has 1 N–H and O–H groups in total. The lowest BCUT2D eigenvalue weighted by Gasteiger charge is -2.05. The number of nitrogens with zero attached hydrogens (tertiary/aromatic N) is 1. The Labute approximate surface area is 101 Å². The van der Waals surface area contributed by atoms with Gasteiger partial charge in [-0.15, -0.1) is 0 Å². The van der Waals surface area contributed by atoms with Crippen molar-refractivity contribution in [2.24, 2.45) is 0 Å². The van der Waals surface area contributed by atoms with Gasteiger partial charge in [0.1, 0.15) is 11.8 Å². The van der Waals surface area contributed by atoms with Gasteiger partial charge >= 0.3 is 5.97 Å². The van der Waals surface area contributed by atoms with Gasteiger partial charge in [0.05, 0.1) is 17.7 Å². The zero-order valence-electron chi connectivity index (χ0n) is 7.95. The molecule has 0 amide bonds. The van der Waals surface area contributed by atoms with Gasteiger partial charge in [-0.1, -0.05) is 0 Å². The van der Waals surface area contributed by atoms with Gasteiger partial charge in [0, 0.05) is 3.57 Å². The van der Waals surface area contributed by atoms with Gasteiger partial charge in [-0.05, 0) is 41.6 Å². The number of esters is 1. The first-order chi connectivity index (χ1) is 7.10. The fourth-order valence-electron chi connectivity index (χ4n) is 1.02. The molecule has 0 spiro atoms. The predicted octanol–water partition coefficient (Wildman–Crippen LogP) is 2.05. The molecule has 5 heteroatoms. The van der Waals surface area contributed by atoms with Crippen LogP contribution in [0.4, 0.5) is 0 Å². The molecule has 78 valence electrons. The minimum atomic E-state index is -0.498. The number of carbonyl (C=O) groups is 1. The van der Waals surface area contributed by atoms with Crippen LogP contribution in [0.15, 0.2) is 12.1 Å². The quantitative estimate of drug-likeness (QED) is 0.669. The van der Waals surface area contributed by atoms with E-state index in [1.165, 1.54) is 12.1 Å². The summed E-state index contributed by atoms with van der Waals surface area (Å²) >= 11 is 1.92. The lowest BCUT2D eigenvalue weighted by molar-refractivity contribution is 0.0524. The Kier molecular flexibility index (Phi) is 3.91. The predicted molar refractivity (Wildman–Crippen MR) is 61.5 cm³/mol. The van der Waals surface area contributed by atoms with Crippen LogP contribution in [0.25, 0.3) is 0 Å². The number of carbonyl (C=O) groups excluding carboxylic acids is 1. The van der Waals surface area contributed by atoms with E-state index in [0.717, 1.165) is 0 Å². The maximum Gasteiger partial charge on any atom is 0.339 e. The average Bonchev–Trinajstić information content (AvgIpc) is 2.21. The molecule has 15 heavy (non-hydrogen) atoms. The molecule has 0 unspecified atom stereocenters. The molecule has 0 heterocycles. The van der Waals surface area contributed by atoms with E-state index in [1.54, 1.807) is 6.92 Å². The summed E-state index contributed by atoms with van der Waals surface area (Å²) in [5, 5.41) is 18.0. The molecular formula is C10H8INO3. The van der Waals surface area contributed by atoms with Crippen molar-refractivity contribution in [3.63, 3.8) is 0 Å². The summed E-state index contributed by atoms with van der Waals surface area (Å²) in [5.74, 6) is -0.706. The zero-order valence-corrected chi connectivity index (χ0v) is 10.1. The Morgan fingerprint density at radius 2 is 2.33 bits per heavy atom. The third kappa shape index (κ3) is 2.59. The number of ether oxygens (including phenoxy) is 1. The molecule has 0 radical (unpaired) electrons. The van der Waals surface area contributed by atoms with E-state index in [1.807, 2.05) is 28.7 Å².